The fourth-order valence-electron chi connectivity index (χ4n) is 4.79. The van der Waals surface area contributed by atoms with Crippen molar-refractivity contribution in [2.75, 3.05) is 31.6 Å². The van der Waals surface area contributed by atoms with Crippen molar-refractivity contribution in [2.24, 2.45) is 0 Å². The highest BCUT2D eigenvalue weighted by Gasteiger charge is 2.34. The van der Waals surface area contributed by atoms with Crippen molar-refractivity contribution in [3.63, 3.8) is 0 Å². The lowest BCUT2D eigenvalue weighted by Crippen LogP contribution is -2.40. The van der Waals surface area contributed by atoms with E-state index in [1.165, 1.54) is 5.57 Å². The Labute approximate surface area is 167 Å². The Morgan fingerprint density at radius 1 is 1.18 bits per heavy atom. The van der Waals surface area contributed by atoms with Gasteiger partial charge in [0, 0.05) is 30.8 Å². The molecule has 28 heavy (non-hydrogen) atoms. The number of amides is 1. The fraction of sp³-hybridized carbons (Fsp3) is 0.571. The molecule has 0 spiro atoms. The smallest absolute Gasteiger partial charge is 0.258 e. The summed E-state index contributed by atoms with van der Waals surface area (Å²) in [6.45, 7) is 4.52. The van der Waals surface area contributed by atoms with E-state index in [9.17, 15) is 13.2 Å². The third kappa shape index (κ3) is 3.40. The minimum absolute atomic E-state index is 0.0149. The van der Waals surface area contributed by atoms with Crippen LogP contribution in [0.5, 0.6) is 0 Å². The summed E-state index contributed by atoms with van der Waals surface area (Å²) in [6, 6.07) is 5.32. The van der Waals surface area contributed by atoms with E-state index in [0.29, 0.717) is 6.54 Å². The number of hydrogen-bond acceptors (Lipinski definition) is 4. The Bertz CT molecular complexity index is 915. The Morgan fingerprint density at radius 2 is 1.93 bits per heavy atom. The first-order valence-corrected chi connectivity index (χ1v) is 11.8. The standard InChI is InChI=1S/C21H29N3O3S/c1-3-24-12-6-9-16(24)14-22-28(26,27)17-10-11-19-18(13-17)20(21(25)23(19)2)15-7-4-5-8-15/h10-11,13,16,22H,3-9,12,14H2,1-2H3/t16-/m0/s1. The molecule has 1 amide bonds. The van der Waals surface area contributed by atoms with E-state index in [4.69, 9.17) is 0 Å². The van der Waals surface area contributed by atoms with E-state index in [2.05, 4.69) is 16.5 Å². The molecule has 1 N–H and O–H groups in total. The third-order valence-corrected chi connectivity index (χ3v) is 7.82. The number of carbonyl (C=O) groups is 1. The molecular weight excluding hydrogens is 374 g/mol. The van der Waals surface area contributed by atoms with Crippen molar-refractivity contribution in [1.29, 1.82) is 0 Å². The van der Waals surface area contributed by atoms with Gasteiger partial charge in [-0.1, -0.05) is 12.5 Å². The normalized spacial score (nSPS) is 23.1. The zero-order valence-electron chi connectivity index (χ0n) is 16.7. The second-order valence-electron chi connectivity index (χ2n) is 8.01. The molecule has 0 radical (unpaired) electrons. The summed E-state index contributed by atoms with van der Waals surface area (Å²) in [4.78, 5) is 17.0. The Hall–Kier alpha value is -1.70. The molecule has 1 saturated heterocycles. The van der Waals surface area contributed by atoms with Crippen molar-refractivity contribution < 1.29 is 13.2 Å². The van der Waals surface area contributed by atoms with Crippen LogP contribution in [-0.4, -0.2) is 51.9 Å². The first-order chi connectivity index (χ1) is 13.4. The number of nitrogens with zero attached hydrogens (tertiary/aromatic N) is 2. The van der Waals surface area contributed by atoms with Gasteiger partial charge in [0.25, 0.3) is 5.91 Å². The van der Waals surface area contributed by atoms with Crippen LogP contribution in [0.2, 0.25) is 0 Å². The molecule has 2 heterocycles. The molecule has 152 valence electrons. The van der Waals surface area contributed by atoms with E-state index < -0.39 is 10.0 Å². The summed E-state index contributed by atoms with van der Waals surface area (Å²) in [5.41, 5.74) is 3.46. The first kappa shape index (κ1) is 19.6. The van der Waals surface area contributed by atoms with Crippen molar-refractivity contribution in [3.8, 4) is 0 Å². The maximum Gasteiger partial charge on any atom is 0.258 e. The highest BCUT2D eigenvalue weighted by molar-refractivity contribution is 7.89. The maximum absolute atomic E-state index is 12.9. The monoisotopic (exact) mass is 403 g/mol. The summed E-state index contributed by atoms with van der Waals surface area (Å²) in [7, 11) is -1.85. The van der Waals surface area contributed by atoms with Crippen molar-refractivity contribution >= 4 is 27.2 Å². The van der Waals surface area contributed by atoms with Crippen LogP contribution in [0.25, 0.3) is 5.57 Å². The molecule has 7 heteroatoms. The van der Waals surface area contributed by atoms with Gasteiger partial charge in [-0.15, -0.1) is 0 Å². The minimum atomic E-state index is -3.61. The molecule has 2 aliphatic heterocycles. The number of likely N-dealkylation sites (N-methyl/N-ethyl adjacent to an activating group) is 2. The van der Waals surface area contributed by atoms with Crippen LogP contribution in [0.4, 0.5) is 5.69 Å². The molecule has 1 aliphatic carbocycles. The third-order valence-electron chi connectivity index (χ3n) is 6.40. The number of fused-ring (bicyclic) bond motifs is 1. The fourth-order valence-corrected chi connectivity index (χ4v) is 5.89. The van der Waals surface area contributed by atoms with Crippen LogP contribution in [0, 0.1) is 0 Å². The average Bonchev–Trinajstić information content (AvgIpc) is 3.41. The summed E-state index contributed by atoms with van der Waals surface area (Å²) in [5.74, 6) is -0.0149. The molecule has 1 saturated carbocycles. The van der Waals surface area contributed by atoms with Gasteiger partial charge >= 0.3 is 0 Å². The van der Waals surface area contributed by atoms with Gasteiger partial charge < -0.3 is 4.90 Å². The van der Waals surface area contributed by atoms with E-state index in [1.807, 2.05) is 0 Å². The van der Waals surface area contributed by atoms with Gasteiger partial charge in [-0.25, -0.2) is 13.1 Å². The van der Waals surface area contributed by atoms with Crippen LogP contribution in [0.3, 0.4) is 0 Å². The number of allylic oxidation sites excluding steroid dienone is 1. The highest BCUT2D eigenvalue weighted by atomic mass is 32.2. The predicted molar refractivity (Wildman–Crippen MR) is 111 cm³/mol. The molecule has 1 aromatic carbocycles. The summed E-state index contributed by atoms with van der Waals surface area (Å²) in [5, 5.41) is 0. The Balaban J connectivity index is 1.61. The predicted octanol–water partition coefficient (Wildman–Crippen LogP) is 2.75. The van der Waals surface area contributed by atoms with Gasteiger partial charge in [-0.2, -0.15) is 0 Å². The number of anilines is 1. The van der Waals surface area contributed by atoms with E-state index in [-0.39, 0.29) is 16.8 Å². The minimum Gasteiger partial charge on any atom is -0.311 e. The number of benzene rings is 1. The number of carbonyl (C=O) groups excluding carboxylic acids is 1. The molecule has 0 aromatic heterocycles. The van der Waals surface area contributed by atoms with Crippen molar-refractivity contribution in [3.05, 3.63) is 29.3 Å². The van der Waals surface area contributed by atoms with Crippen LogP contribution < -0.4 is 9.62 Å². The molecule has 3 aliphatic rings. The molecule has 1 aromatic rings. The quantitative estimate of drug-likeness (QED) is 0.768. The lowest BCUT2D eigenvalue weighted by molar-refractivity contribution is -0.112. The Morgan fingerprint density at radius 3 is 2.64 bits per heavy atom. The number of rotatable bonds is 5. The maximum atomic E-state index is 12.9. The molecule has 4 rings (SSSR count). The van der Waals surface area contributed by atoms with Gasteiger partial charge in [0.2, 0.25) is 10.0 Å². The number of sulfonamides is 1. The molecular formula is C21H29N3O3S. The van der Waals surface area contributed by atoms with Gasteiger partial charge in [-0.3, -0.25) is 9.69 Å². The van der Waals surface area contributed by atoms with E-state index in [0.717, 1.165) is 68.4 Å². The van der Waals surface area contributed by atoms with Gasteiger partial charge in [0.05, 0.1) is 10.6 Å². The SMILES string of the molecule is CCN1CCC[C@H]1CNS(=O)(=O)c1ccc2c(c1)C(=C1CCCC1)C(=O)N2C. The van der Waals surface area contributed by atoms with Crippen LogP contribution in [0.15, 0.2) is 28.7 Å². The largest absolute Gasteiger partial charge is 0.311 e. The number of hydrogen-bond donors (Lipinski definition) is 1. The van der Waals surface area contributed by atoms with E-state index in [1.54, 1.807) is 30.1 Å². The summed E-state index contributed by atoms with van der Waals surface area (Å²) >= 11 is 0. The van der Waals surface area contributed by atoms with Gasteiger partial charge in [0.15, 0.2) is 0 Å². The second kappa shape index (κ2) is 7.61. The van der Waals surface area contributed by atoms with Crippen LogP contribution in [-0.2, 0) is 14.8 Å². The van der Waals surface area contributed by atoms with Gasteiger partial charge in [0.1, 0.15) is 0 Å². The molecule has 0 unspecified atom stereocenters. The van der Waals surface area contributed by atoms with Gasteiger partial charge in [-0.05, 0) is 69.8 Å². The summed E-state index contributed by atoms with van der Waals surface area (Å²) < 4.78 is 28.7. The second-order valence-corrected chi connectivity index (χ2v) is 9.77. The zero-order chi connectivity index (χ0) is 19.9. The average molecular weight is 404 g/mol. The number of nitrogens with one attached hydrogen (secondary N) is 1. The zero-order valence-corrected chi connectivity index (χ0v) is 17.5. The lowest BCUT2D eigenvalue weighted by atomic mass is 10.00. The van der Waals surface area contributed by atoms with Crippen molar-refractivity contribution in [1.82, 2.24) is 9.62 Å². The lowest BCUT2D eigenvalue weighted by Gasteiger charge is -2.22. The molecule has 6 nitrogen and oxygen atoms in total. The Kier molecular flexibility index (Phi) is 5.33. The van der Waals surface area contributed by atoms with E-state index >= 15 is 0 Å². The highest BCUT2D eigenvalue weighted by Crippen LogP contribution is 2.42. The topological polar surface area (TPSA) is 69.7 Å². The molecule has 0 bridgehead atoms. The number of likely N-dealkylation sites (tertiary alicyclic amines) is 1. The van der Waals surface area contributed by atoms with Crippen molar-refractivity contribution in [2.45, 2.75) is 56.4 Å². The van der Waals surface area contributed by atoms with Crippen LogP contribution in [0.1, 0.15) is 51.0 Å². The van der Waals surface area contributed by atoms with Crippen LogP contribution >= 0.6 is 0 Å². The summed E-state index contributed by atoms with van der Waals surface area (Å²) in [6.07, 6.45) is 6.19. The molecule has 1 atom stereocenters. The first-order valence-electron chi connectivity index (χ1n) is 10.3. The molecule has 2 fully saturated rings.